The Bertz CT molecular complexity index is 471. The van der Waals surface area contributed by atoms with Gasteiger partial charge in [-0.05, 0) is 31.4 Å². The highest BCUT2D eigenvalue weighted by Gasteiger charge is 2.33. The van der Waals surface area contributed by atoms with E-state index in [4.69, 9.17) is 0 Å². The van der Waals surface area contributed by atoms with Crippen LogP contribution in [0.4, 0.5) is 0 Å². The third-order valence-corrected chi connectivity index (χ3v) is 4.00. The number of amides is 1. The number of aliphatic hydroxyl groups is 1. The van der Waals surface area contributed by atoms with Gasteiger partial charge in [0.25, 0.3) is 0 Å². The average molecular weight is 262 g/mol. The number of hydrogen-bond acceptors (Lipinski definition) is 3. The largest absolute Gasteiger partial charge is 0.394 e. The Hall–Kier alpha value is -1.39. The summed E-state index contributed by atoms with van der Waals surface area (Å²) in [6, 6.07) is 7.99. The molecule has 1 aliphatic heterocycles. The summed E-state index contributed by atoms with van der Waals surface area (Å²) in [7, 11) is 1.75. The van der Waals surface area contributed by atoms with Crippen molar-refractivity contribution in [1.29, 1.82) is 0 Å². The van der Waals surface area contributed by atoms with Gasteiger partial charge in [0.05, 0.1) is 18.2 Å². The molecule has 1 aromatic rings. The smallest absolute Gasteiger partial charge is 0.240 e. The van der Waals surface area contributed by atoms with Gasteiger partial charge in [0.2, 0.25) is 5.91 Å². The van der Waals surface area contributed by atoms with Crippen LogP contribution in [0.15, 0.2) is 24.3 Å². The molecular formula is C15H22N2O2. The molecule has 4 heteroatoms. The third-order valence-electron chi connectivity index (χ3n) is 4.00. The molecule has 4 nitrogen and oxygen atoms in total. The maximum Gasteiger partial charge on any atom is 0.240 e. The van der Waals surface area contributed by atoms with Crippen molar-refractivity contribution in [3.05, 3.63) is 35.4 Å². The van der Waals surface area contributed by atoms with E-state index in [0.717, 1.165) is 6.54 Å². The standard InChI is InChI=1S/C15H22N2O2/c1-15(2,10-18)17(3)14(19)13-8-11-6-4-5-7-12(11)9-16-13/h4-7,13,16,18H,8-10H2,1-3H3/t13-/m0/s1. The zero-order valence-electron chi connectivity index (χ0n) is 11.8. The maximum absolute atomic E-state index is 12.5. The summed E-state index contributed by atoms with van der Waals surface area (Å²) in [4.78, 5) is 14.1. The Balaban J connectivity index is 2.11. The van der Waals surface area contributed by atoms with Crippen molar-refractivity contribution < 1.29 is 9.90 Å². The molecule has 0 spiro atoms. The predicted octanol–water partition coefficient (Wildman–Crippen LogP) is 0.930. The van der Waals surface area contributed by atoms with Crippen LogP contribution in [0.1, 0.15) is 25.0 Å². The Morgan fingerprint density at radius 2 is 2.05 bits per heavy atom. The number of rotatable bonds is 3. The summed E-state index contributed by atoms with van der Waals surface area (Å²) in [5.74, 6) is 0.0357. The SMILES string of the molecule is CN(C(=O)[C@@H]1Cc2ccccc2CN1)C(C)(C)CO. The highest BCUT2D eigenvalue weighted by molar-refractivity contribution is 5.83. The van der Waals surface area contributed by atoms with E-state index in [-0.39, 0.29) is 18.6 Å². The lowest BCUT2D eigenvalue weighted by Crippen LogP contribution is -2.55. The number of nitrogens with one attached hydrogen (secondary N) is 1. The Kier molecular flexibility index (Phi) is 3.92. The van der Waals surface area contributed by atoms with Gasteiger partial charge in [0.15, 0.2) is 0 Å². The second kappa shape index (κ2) is 5.31. The first-order valence-electron chi connectivity index (χ1n) is 6.64. The van der Waals surface area contributed by atoms with E-state index >= 15 is 0 Å². The van der Waals surface area contributed by atoms with Crippen LogP contribution >= 0.6 is 0 Å². The van der Waals surface area contributed by atoms with Crippen LogP contribution in [0.5, 0.6) is 0 Å². The first-order chi connectivity index (χ1) is 8.95. The van der Waals surface area contributed by atoms with Crippen LogP contribution < -0.4 is 5.32 Å². The molecule has 0 saturated heterocycles. The van der Waals surface area contributed by atoms with Crippen molar-refractivity contribution in [2.75, 3.05) is 13.7 Å². The van der Waals surface area contributed by atoms with Crippen molar-refractivity contribution >= 4 is 5.91 Å². The van der Waals surface area contributed by atoms with E-state index in [1.54, 1.807) is 11.9 Å². The molecule has 0 unspecified atom stereocenters. The topological polar surface area (TPSA) is 52.6 Å². The fraction of sp³-hybridized carbons (Fsp3) is 0.533. The summed E-state index contributed by atoms with van der Waals surface area (Å²) >= 11 is 0. The van der Waals surface area contributed by atoms with Gasteiger partial charge in [-0.15, -0.1) is 0 Å². The van der Waals surface area contributed by atoms with Gasteiger partial charge in [-0.3, -0.25) is 4.79 Å². The highest BCUT2D eigenvalue weighted by Crippen LogP contribution is 2.19. The number of fused-ring (bicyclic) bond motifs is 1. The molecular weight excluding hydrogens is 240 g/mol. The number of carbonyl (C=O) groups is 1. The minimum absolute atomic E-state index is 0.0357. The molecule has 1 amide bonds. The van der Waals surface area contributed by atoms with E-state index in [1.165, 1.54) is 11.1 Å². The van der Waals surface area contributed by atoms with Gasteiger partial charge in [0.1, 0.15) is 0 Å². The lowest BCUT2D eigenvalue weighted by atomic mass is 9.94. The van der Waals surface area contributed by atoms with Gasteiger partial charge >= 0.3 is 0 Å². The number of aliphatic hydroxyl groups excluding tert-OH is 1. The molecule has 2 rings (SSSR count). The molecule has 19 heavy (non-hydrogen) atoms. The molecule has 1 aliphatic rings. The minimum Gasteiger partial charge on any atom is -0.394 e. The number of nitrogens with zero attached hydrogens (tertiary/aromatic N) is 1. The molecule has 0 saturated carbocycles. The van der Waals surface area contributed by atoms with E-state index in [2.05, 4.69) is 17.4 Å². The van der Waals surface area contributed by atoms with Crippen molar-refractivity contribution in [3.8, 4) is 0 Å². The predicted molar refractivity (Wildman–Crippen MR) is 74.7 cm³/mol. The van der Waals surface area contributed by atoms with E-state index in [0.29, 0.717) is 6.42 Å². The number of benzene rings is 1. The lowest BCUT2D eigenvalue weighted by molar-refractivity contribution is -0.138. The fourth-order valence-electron chi connectivity index (χ4n) is 2.27. The fourth-order valence-corrected chi connectivity index (χ4v) is 2.27. The summed E-state index contributed by atoms with van der Waals surface area (Å²) in [5, 5.41) is 12.6. The Labute approximate surface area is 114 Å². The van der Waals surface area contributed by atoms with Gasteiger partial charge in [-0.2, -0.15) is 0 Å². The van der Waals surface area contributed by atoms with Crippen LogP contribution in [0.2, 0.25) is 0 Å². The summed E-state index contributed by atoms with van der Waals surface area (Å²) in [6.07, 6.45) is 0.709. The van der Waals surface area contributed by atoms with Crippen LogP contribution in [-0.2, 0) is 17.8 Å². The van der Waals surface area contributed by atoms with Crippen molar-refractivity contribution in [2.24, 2.45) is 0 Å². The van der Waals surface area contributed by atoms with Crippen molar-refractivity contribution in [2.45, 2.75) is 38.4 Å². The van der Waals surface area contributed by atoms with Gasteiger partial charge in [-0.25, -0.2) is 0 Å². The van der Waals surface area contributed by atoms with E-state index in [9.17, 15) is 9.90 Å². The number of hydrogen-bond donors (Lipinski definition) is 2. The summed E-state index contributed by atoms with van der Waals surface area (Å²) in [5.41, 5.74) is 1.96. The molecule has 2 N–H and O–H groups in total. The van der Waals surface area contributed by atoms with Crippen molar-refractivity contribution in [1.82, 2.24) is 10.2 Å². The zero-order chi connectivity index (χ0) is 14.0. The molecule has 0 radical (unpaired) electrons. The minimum atomic E-state index is -0.532. The normalized spacial score (nSPS) is 18.8. The van der Waals surface area contributed by atoms with E-state index in [1.807, 2.05) is 26.0 Å². The monoisotopic (exact) mass is 262 g/mol. The van der Waals surface area contributed by atoms with Crippen LogP contribution in [0, 0.1) is 0 Å². The summed E-state index contributed by atoms with van der Waals surface area (Å²) < 4.78 is 0. The van der Waals surface area contributed by atoms with Crippen molar-refractivity contribution in [3.63, 3.8) is 0 Å². The maximum atomic E-state index is 12.5. The third kappa shape index (κ3) is 2.80. The molecule has 1 heterocycles. The molecule has 1 atom stereocenters. The van der Waals surface area contributed by atoms with Gasteiger partial charge < -0.3 is 15.3 Å². The molecule has 0 fully saturated rings. The second-order valence-electron chi connectivity index (χ2n) is 5.77. The molecule has 0 bridgehead atoms. The van der Waals surface area contributed by atoms with Gasteiger partial charge in [0, 0.05) is 13.6 Å². The van der Waals surface area contributed by atoms with Crippen LogP contribution in [0.3, 0.4) is 0 Å². The highest BCUT2D eigenvalue weighted by atomic mass is 16.3. The van der Waals surface area contributed by atoms with Crippen LogP contribution in [-0.4, -0.2) is 41.1 Å². The quantitative estimate of drug-likeness (QED) is 0.852. The molecule has 1 aromatic carbocycles. The zero-order valence-corrected chi connectivity index (χ0v) is 11.8. The molecule has 0 aliphatic carbocycles. The molecule has 104 valence electrons. The van der Waals surface area contributed by atoms with E-state index < -0.39 is 5.54 Å². The van der Waals surface area contributed by atoms with Gasteiger partial charge in [-0.1, -0.05) is 24.3 Å². The van der Waals surface area contributed by atoms with Crippen LogP contribution in [0.25, 0.3) is 0 Å². The number of likely N-dealkylation sites (N-methyl/N-ethyl adjacent to an activating group) is 1. The second-order valence-corrected chi connectivity index (χ2v) is 5.77. The molecule has 0 aromatic heterocycles. The Morgan fingerprint density at radius 1 is 1.42 bits per heavy atom. The Morgan fingerprint density at radius 3 is 2.68 bits per heavy atom. The average Bonchev–Trinajstić information content (AvgIpc) is 2.45. The summed E-state index contributed by atoms with van der Waals surface area (Å²) in [6.45, 7) is 4.40. The first-order valence-corrected chi connectivity index (χ1v) is 6.64. The number of carbonyl (C=O) groups excluding carboxylic acids is 1. The first kappa shape index (κ1) is 14.0. The lowest BCUT2D eigenvalue weighted by Gasteiger charge is -2.37.